The van der Waals surface area contributed by atoms with Gasteiger partial charge < -0.3 is 10.2 Å². The van der Waals surface area contributed by atoms with Gasteiger partial charge in [-0.15, -0.1) is 11.6 Å². The minimum absolute atomic E-state index is 0.459. The Morgan fingerprint density at radius 3 is 2.27 bits per heavy atom. The molecule has 0 saturated carbocycles. The van der Waals surface area contributed by atoms with E-state index in [0.29, 0.717) is 17.6 Å². The molecule has 84 valence electrons. The predicted octanol–water partition coefficient (Wildman–Crippen LogP) is 2.60. The van der Waals surface area contributed by atoms with Gasteiger partial charge in [0, 0.05) is 11.2 Å². The van der Waals surface area contributed by atoms with E-state index in [1.807, 2.05) is 12.1 Å². The molecule has 0 bridgehead atoms. The van der Waals surface area contributed by atoms with Gasteiger partial charge >= 0.3 is 0 Å². The van der Waals surface area contributed by atoms with Crippen LogP contribution in [0, 0.1) is 0 Å². The first-order valence-corrected chi connectivity index (χ1v) is 6.41. The number of aliphatic hydroxyl groups excluding tert-OH is 2. The third kappa shape index (κ3) is 3.76. The molecular weight excluding hydrogens is 279 g/mol. The van der Waals surface area contributed by atoms with Gasteiger partial charge in [-0.2, -0.15) is 0 Å². The summed E-state index contributed by atoms with van der Waals surface area (Å²) in [6.45, 7) is 0. The van der Waals surface area contributed by atoms with Crippen molar-refractivity contribution in [3.63, 3.8) is 0 Å². The largest absolute Gasteiger partial charge is 0.390 e. The molecule has 2 atom stereocenters. The standard InChI is InChI=1S/C11H14BrClO2/c12-6-5-10(14)11(15)9-3-1-8(7-13)2-4-9/h1-4,10-11,14-15H,5-7H2. The molecule has 0 radical (unpaired) electrons. The zero-order valence-electron chi connectivity index (χ0n) is 8.24. The second-order valence-corrected chi connectivity index (χ2v) is 4.43. The van der Waals surface area contributed by atoms with E-state index in [4.69, 9.17) is 11.6 Å². The van der Waals surface area contributed by atoms with Crippen molar-refractivity contribution in [1.29, 1.82) is 0 Å². The van der Waals surface area contributed by atoms with Gasteiger partial charge in [0.15, 0.2) is 0 Å². The molecule has 15 heavy (non-hydrogen) atoms. The average Bonchev–Trinajstić information content (AvgIpc) is 2.28. The monoisotopic (exact) mass is 292 g/mol. The first-order valence-electron chi connectivity index (χ1n) is 4.76. The van der Waals surface area contributed by atoms with Crippen LogP contribution in [-0.4, -0.2) is 21.6 Å². The molecule has 1 aromatic rings. The van der Waals surface area contributed by atoms with Crippen LogP contribution in [0.3, 0.4) is 0 Å². The molecule has 0 heterocycles. The number of hydrogen-bond acceptors (Lipinski definition) is 2. The predicted molar refractivity (Wildman–Crippen MR) is 65.4 cm³/mol. The summed E-state index contributed by atoms with van der Waals surface area (Å²) in [5.74, 6) is 0.459. The van der Waals surface area contributed by atoms with Crippen LogP contribution < -0.4 is 0 Å². The van der Waals surface area contributed by atoms with Crippen LogP contribution in [0.4, 0.5) is 0 Å². The number of rotatable bonds is 5. The number of benzene rings is 1. The van der Waals surface area contributed by atoms with Gasteiger partial charge in [-0.3, -0.25) is 0 Å². The maximum Gasteiger partial charge on any atom is 0.105 e. The maximum absolute atomic E-state index is 9.78. The molecule has 0 aliphatic rings. The number of aliphatic hydroxyl groups is 2. The van der Waals surface area contributed by atoms with E-state index in [1.165, 1.54) is 0 Å². The number of hydrogen-bond donors (Lipinski definition) is 2. The van der Waals surface area contributed by atoms with Crippen LogP contribution in [-0.2, 0) is 5.88 Å². The minimum Gasteiger partial charge on any atom is -0.390 e. The molecule has 0 aromatic heterocycles. The third-order valence-corrected chi connectivity index (χ3v) is 3.01. The topological polar surface area (TPSA) is 40.5 Å². The van der Waals surface area contributed by atoms with Gasteiger partial charge in [-0.05, 0) is 17.5 Å². The summed E-state index contributed by atoms with van der Waals surface area (Å²) in [5.41, 5.74) is 1.72. The number of alkyl halides is 2. The first-order chi connectivity index (χ1) is 7.19. The summed E-state index contributed by atoms with van der Waals surface area (Å²) in [6, 6.07) is 7.29. The van der Waals surface area contributed by atoms with Crippen molar-refractivity contribution in [2.75, 3.05) is 5.33 Å². The average molecular weight is 294 g/mol. The van der Waals surface area contributed by atoms with Crippen LogP contribution in [0.5, 0.6) is 0 Å². The molecule has 0 spiro atoms. The van der Waals surface area contributed by atoms with Gasteiger partial charge in [0.05, 0.1) is 6.10 Å². The van der Waals surface area contributed by atoms with E-state index in [-0.39, 0.29) is 0 Å². The Bertz CT molecular complexity index is 289. The SMILES string of the molecule is OC(CCBr)C(O)c1ccc(CCl)cc1. The van der Waals surface area contributed by atoms with Crippen molar-refractivity contribution in [3.05, 3.63) is 35.4 Å². The van der Waals surface area contributed by atoms with E-state index in [1.54, 1.807) is 12.1 Å². The lowest BCUT2D eigenvalue weighted by molar-refractivity contribution is 0.0173. The Hall–Kier alpha value is -0.0900. The zero-order chi connectivity index (χ0) is 11.3. The highest BCUT2D eigenvalue weighted by Gasteiger charge is 2.17. The summed E-state index contributed by atoms with van der Waals surface area (Å²) in [7, 11) is 0. The molecule has 1 aromatic carbocycles. The summed E-state index contributed by atoms with van der Waals surface area (Å²) in [5, 5.41) is 20.0. The van der Waals surface area contributed by atoms with Crippen LogP contribution in [0.2, 0.25) is 0 Å². The Balaban J connectivity index is 2.69. The zero-order valence-corrected chi connectivity index (χ0v) is 10.6. The molecule has 0 aliphatic heterocycles. The highest BCUT2D eigenvalue weighted by Crippen LogP contribution is 2.20. The Kier molecular flexibility index (Phi) is 5.61. The van der Waals surface area contributed by atoms with Gasteiger partial charge in [0.1, 0.15) is 6.10 Å². The molecule has 2 N–H and O–H groups in total. The molecule has 0 saturated heterocycles. The normalized spacial score (nSPS) is 14.9. The Morgan fingerprint density at radius 2 is 1.80 bits per heavy atom. The molecule has 4 heteroatoms. The Morgan fingerprint density at radius 1 is 1.20 bits per heavy atom. The molecule has 0 amide bonds. The lowest BCUT2D eigenvalue weighted by Gasteiger charge is -2.17. The highest BCUT2D eigenvalue weighted by atomic mass is 79.9. The van der Waals surface area contributed by atoms with Gasteiger partial charge in [-0.25, -0.2) is 0 Å². The minimum atomic E-state index is -0.827. The number of halogens is 2. The quantitative estimate of drug-likeness (QED) is 0.819. The fraction of sp³-hybridized carbons (Fsp3) is 0.455. The molecule has 1 rings (SSSR count). The van der Waals surface area contributed by atoms with Crippen molar-refractivity contribution in [2.45, 2.75) is 24.5 Å². The maximum atomic E-state index is 9.78. The lowest BCUT2D eigenvalue weighted by atomic mass is 10.0. The van der Waals surface area contributed by atoms with Crippen molar-refractivity contribution in [2.24, 2.45) is 0 Å². The highest BCUT2D eigenvalue weighted by molar-refractivity contribution is 9.09. The molecule has 2 unspecified atom stereocenters. The van der Waals surface area contributed by atoms with Crippen molar-refractivity contribution >= 4 is 27.5 Å². The van der Waals surface area contributed by atoms with Crippen molar-refractivity contribution in [3.8, 4) is 0 Å². The van der Waals surface area contributed by atoms with E-state index in [2.05, 4.69) is 15.9 Å². The van der Waals surface area contributed by atoms with Gasteiger partial charge in [0.2, 0.25) is 0 Å². The van der Waals surface area contributed by atoms with Crippen LogP contribution >= 0.6 is 27.5 Å². The second kappa shape index (κ2) is 6.48. The first kappa shape index (κ1) is 13.0. The molecule has 0 fully saturated rings. The molecule has 0 aliphatic carbocycles. The van der Waals surface area contributed by atoms with E-state index in [0.717, 1.165) is 11.1 Å². The van der Waals surface area contributed by atoms with E-state index in [9.17, 15) is 10.2 Å². The van der Waals surface area contributed by atoms with E-state index < -0.39 is 12.2 Å². The third-order valence-electron chi connectivity index (χ3n) is 2.24. The van der Waals surface area contributed by atoms with Crippen LogP contribution in [0.25, 0.3) is 0 Å². The van der Waals surface area contributed by atoms with Crippen molar-refractivity contribution < 1.29 is 10.2 Å². The molecule has 2 nitrogen and oxygen atoms in total. The Labute approximate surface area is 103 Å². The summed E-state index contributed by atoms with van der Waals surface area (Å²) < 4.78 is 0. The van der Waals surface area contributed by atoms with Gasteiger partial charge in [0.25, 0.3) is 0 Å². The fourth-order valence-corrected chi connectivity index (χ4v) is 1.94. The fourth-order valence-electron chi connectivity index (χ4n) is 1.30. The summed E-state index contributed by atoms with van der Waals surface area (Å²) >= 11 is 8.88. The van der Waals surface area contributed by atoms with Gasteiger partial charge in [-0.1, -0.05) is 40.2 Å². The smallest absolute Gasteiger partial charge is 0.105 e. The summed E-state index contributed by atoms with van der Waals surface area (Å²) in [6.07, 6.45) is -1.03. The van der Waals surface area contributed by atoms with Crippen LogP contribution in [0.1, 0.15) is 23.7 Å². The summed E-state index contributed by atoms with van der Waals surface area (Å²) in [4.78, 5) is 0. The molecular formula is C11H14BrClO2. The van der Waals surface area contributed by atoms with Crippen molar-refractivity contribution in [1.82, 2.24) is 0 Å². The lowest BCUT2D eigenvalue weighted by Crippen LogP contribution is -2.18. The second-order valence-electron chi connectivity index (χ2n) is 3.37. The van der Waals surface area contributed by atoms with Crippen LogP contribution in [0.15, 0.2) is 24.3 Å². The van der Waals surface area contributed by atoms with E-state index >= 15 is 0 Å².